The predicted octanol–water partition coefficient (Wildman–Crippen LogP) is 3.27. The molecular formula is C30H36N2O6. The quantitative estimate of drug-likeness (QED) is 0.343. The number of aliphatic hydroxyl groups excluding tert-OH is 2. The van der Waals surface area contributed by atoms with Crippen LogP contribution in [0, 0.1) is 31.6 Å². The van der Waals surface area contributed by atoms with E-state index in [1.807, 2.05) is 50.3 Å². The Balaban J connectivity index is 1.66. The number of hydrogen-bond donors (Lipinski definition) is 3. The lowest BCUT2D eigenvalue weighted by Crippen LogP contribution is -2.39. The lowest BCUT2D eigenvalue weighted by Gasteiger charge is -2.36. The second-order valence-electron chi connectivity index (χ2n) is 10.3. The van der Waals surface area contributed by atoms with Crippen molar-refractivity contribution in [3.05, 3.63) is 70.1 Å². The summed E-state index contributed by atoms with van der Waals surface area (Å²) in [6, 6.07) is 9.47. The number of phenols is 1. The average molecular weight is 521 g/mol. The Kier molecular flexibility index (Phi) is 8.45. The Labute approximate surface area is 223 Å². The molecule has 1 aliphatic carbocycles. The number of likely N-dealkylation sites (tertiary alicyclic amines) is 1. The number of carbonyl (C=O) groups excluding carboxylic acids is 2. The number of pyridine rings is 1. The number of aromatic nitrogens is 1. The number of amides is 2. The number of nitrogens with zero attached hydrogens (tertiary/aromatic N) is 2. The molecule has 2 amide bonds. The fourth-order valence-corrected chi connectivity index (χ4v) is 5.97. The fraction of sp³-hybridized carbons (Fsp3) is 0.433. The molecule has 2 aromatic rings. The van der Waals surface area contributed by atoms with E-state index in [1.54, 1.807) is 13.3 Å². The highest BCUT2D eigenvalue weighted by Crippen LogP contribution is 2.46. The van der Waals surface area contributed by atoms with Crippen molar-refractivity contribution in [3.63, 3.8) is 0 Å². The summed E-state index contributed by atoms with van der Waals surface area (Å²) in [6.07, 6.45) is 3.91. The molecule has 1 aromatic carbocycles. The van der Waals surface area contributed by atoms with Gasteiger partial charge in [0.2, 0.25) is 11.8 Å². The van der Waals surface area contributed by atoms with Gasteiger partial charge in [0.1, 0.15) is 5.75 Å². The summed E-state index contributed by atoms with van der Waals surface area (Å²) in [7, 11) is 3.02. The van der Waals surface area contributed by atoms with Crippen molar-refractivity contribution in [2.24, 2.45) is 17.8 Å². The minimum atomic E-state index is -0.942. The van der Waals surface area contributed by atoms with Crippen molar-refractivity contribution < 1.29 is 29.6 Å². The highest BCUT2D eigenvalue weighted by atomic mass is 16.5. The number of aromatic hydroxyl groups is 1. The van der Waals surface area contributed by atoms with E-state index < -0.39 is 23.9 Å². The van der Waals surface area contributed by atoms with Gasteiger partial charge in [-0.1, -0.05) is 6.07 Å². The Hall–Kier alpha value is -3.33. The zero-order valence-corrected chi connectivity index (χ0v) is 22.3. The van der Waals surface area contributed by atoms with Crippen molar-refractivity contribution in [2.75, 3.05) is 27.4 Å². The Morgan fingerprint density at radius 1 is 1.21 bits per heavy atom. The minimum absolute atomic E-state index is 0.215. The van der Waals surface area contributed by atoms with Crippen LogP contribution in [0.2, 0.25) is 0 Å². The van der Waals surface area contributed by atoms with E-state index in [4.69, 9.17) is 4.74 Å². The van der Waals surface area contributed by atoms with Crippen molar-refractivity contribution >= 4 is 23.5 Å². The Morgan fingerprint density at radius 3 is 2.53 bits per heavy atom. The molecule has 0 unspecified atom stereocenters. The number of aliphatic hydroxyl groups is 2. The van der Waals surface area contributed by atoms with Crippen molar-refractivity contribution in [1.29, 1.82) is 0 Å². The molecule has 1 saturated heterocycles. The molecule has 8 nitrogen and oxygen atoms in total. The molecule has 38 heavy (non-hydrogen) atoms. The second kappa shape index (κ2) is 11.6. The third kappa shape index (κ3) is 5.29. The molecular weight excluding hydrogens is 484 g/mol. The SMILES string of the molecule is COCC1=C([C@H](O)CC/C(=C/c2cc(C)c(O)c(C)c2)c2ccccn2)[C@H](CO)[C@@H]2C(=O)N(C)C(=O)[C@@H]2C1. The second-order valence-corrected chi connectivity index (χ2v) is 10.3. The molecule has 0 saturated carbocycles. The van der Waals surface area contributed by atoms with Crippen molar-refractivity contribution in [1.82, 2.24) is 9.88 Å². The molecule has 0 radical (unpaired) electrons. The molecule has 2 heterocycles. The monoisotopic (exact) mass is 520 g/mol. The molecule has 202 valence electrons. The van der Waals surface area contributed by atoms with E-state index in [1.165, 1.54) is 7.05 Å². The van der Waals surface area contributed by atoms with E-state index in [-0.39, 0.29) is 30.8 Å². The summed E-state index contributed by atoms with van der Waals surface area (Å²) in [5, 5.41) is 32.0. The van der Waals surface area contributed by atoms with Gasteiger partial charge in [0.25, 0.3) is 0 Å². The van der Waals surface area contributed by atoms with Crippen LogP contribution >= 0.6 is 0 Å². The summed E-state index contributed by atoms with van der Waals surface area (Å²) in [6.45, 7) is 3.58. The van der Waals surface area contributed by atoms with Gasteiger partial charge in [-0.25, -0.2) is 0 Å². The van der Waals surface area contributed by atoms with Crippen molar-refractivity contribution in [2.45, 2.75) is 39.2 Å². The first-order chi connectivity index (χ1) is 18.2. The molecule has 1 fully saturated rings. The maximum absolute atomic E-state index is 12.9. The summed E-state index contributed by atoms with van der Waals surface area (Å²) in [5.41, 5.74) is 5.51. The number of imide groups is 1. The fourth-order valence-electron chi connectivity index (χ4n) is 5.97. The molecule has 8 heteroatoms. The van der Waals surface area contributed by atoms with Gasteiger partial charge in [0, 0.05) is 26.3 Å². The lowest BCUT2D eigenvalue weighted by molar-refractivity contribution is -0.138. The predicted molar refractivity (Wildman–Crippen MR) is 144 cm³/mol. The lowest BCUT2D eigenvalue weighted by atomic mass is 9.68. The largest absolute Gasteiger partial charge is 0.507 e. The van der Waals surface area contributed by atoms with Crippen LogP contribution in [0.1, 0.15) is 41.6 Å². The van der Waals surface area contributed by atoms with Gasteiger partial charge in [-0.3, -0.25) is 19.5 Å². The van der Waals surface area contributed by atoms with Crippen LogP contribution in [0.3, 0.4) is 0 Å². The number of ether oxygens (including phenoxy) is 1. The van der Waals surface area contributed by atoms with Gasteiger partial charge in [-0.15, -0.1) is 0 Å². The molecule has 1 aromatic heterocycles. The molecule has 0 spiro atoms. The van der Waals surface area contributed by atoms with Crippen LogP contribution in [0.4, 0.5) is 0 Å². The van der Waals surface area contributed by atoms with Crippen LogP contribution in [0.5, 0.6) is 5.75 Å². The number of fused-ring (bicyclic) bond motifs is 1. The van der Waals surface area contributed by atoms with Gasteiger partial charge in [0.15, 0.2) is 0 Å². The third-order valence-corrected chi connectivity index (χ3v) is 7.81. The summed E-state index contributed by atoms with van der Waals surface area (Å²) in [4.78, 5) is 31.3. The number of allylic oxidation sites excluding steroid dienone is 1. The van der Waals surface area contributed by atoms with Crippen LogP contribution in [-0.4, -0.2) is 70.5 Å². The van der Waals surface area contributed by atoms with Gasteiger partial charge in [-0.2, -0.15) is 0 Å². The first kappa shape index (κ1) is 27.7. The van der Waals surface area contributed by atoms with Crippen LogP contribution in [0.25, 0.3) is 11.6 Å². The number of benzene rings is 1. The maximum Gasteiger partial charge on any atom is 0.233 e. The van der Waals surface area contributed by atoms with E-state index in [0.29, 0.717) is 24.8 Å². The molecule has 0 bridgehead atoms. The van der Waals surface area contributed by atoms with Gasteiger partial charge in [-0.05, 0) is 96.9 Å². The number of phenolic OH excluding ortho intramolecular Hbond substituents is 1. The molecule has 2 aliphatic rings. The van der Waals surface area contributed by atoms with Crippen LogP contribution < -0.4 is 0 Å². The summed E-state index contributed by atoms with van der Waals surface area (Å²) in [5.74, 6) is -2.18. The standard InChI is InChI=1S/C30H36N2O6/c1-17-11-19(12-18(2)28(17)35)13-20(24-7-5-6-10-31-24)8-9-25(34)26-21(16-38-4)14-22-27(23(26)15-33)30(37)32(3)29(22)36/h5-7,10-13,22-23,25,27,33-35H,8-9,14-16H2,1-4H3/b20-13-/t22-,23+,25-,27-/m1/s1. The first-order valence-electron chi connectivity index (χ1n) is 12.9. The van der Waals surface area contributed by atoms with Gasteiger partial charge >= 0.3 is 0 Å². The molecule has 3 N–H and O–H groups in total. The highest BCUT2D eigenvalue weighted by molar-refractivity contribution is 6.05. The normalized spacial score (nSPS) is 22.7. The van der Waals surface area contributed by atoms with E-state index in [9.17, 15) is 24.9 Å². The number of carbonyl (C=O) groups is 2. The van der Waals surface area contributed by atoms with Crippen molar-refractivity contribution in [3.8, 4) is 5.75 Å². The minimum Gasteiger partial charge on any atom is -0.507 e. The highest BCUT2D eigenvalue weighted by Gasteiger charge is 2.53. The molecule has 4 atom stereocenters. The number of hydrogen-bond acceptors (Lipinski definition) is 7. The van der Waals surface area contributed by atoms with E-state index in [2.05, 4.69) is 4.98 Å². The zero-order valence-electron chi connectivity index (χ0n) is 22.3. The van der Waals surface area contributed by atoms with E-state index in [0.717, 1.165) is 38.4 Å². The smallest absolute Gasteiger partial charge is 0.233 e. The zero-order chi connectivity index (χ0) is 27.6. The molecule has 4 rings (SSSR count). The third-order valence-electron chi connectivity index (χ3n) is 7.81. The first-order valence-corrected chi connectivity index (χ1v) is 12.9. The topological polar surface area (TPSA) is 120 Å². The molecule has 1 aliphatic heterocycles. The van der Waals surface area contributed by atoms with Crippen LogP contribution in [-0.2, 0) is 14.3 Å². The number of methoxy groups -OCH3 is 1. The van der Waals surface area contributed by atoms with E-state index >= 15 is 0 Å². The number of aryl methyl sites for hydroxylation is 2. The average Bonchev–Trinajstić information content (AvgIpc) is 3.12. The van der Waals surface area contributed by atoms with Gasteiger partial charge < -0.3 is 20.1 Å². The van der Waals surface area contributed by atoms with Gasteiger partial charge in [0.05, 0.1) is 36.8 Å². The number of rotatable bonds is 9. The summed E-state index contributed by atoms with van der Waals surface area (Å²) >= 11 is 0. The Bertz CT molecular complexity index is 1250. The Morgan fingerprint density at radius 2 is 1.92 bits per heavy atom. The van der Waals surface area contributed by atoms with Crippen LogP contribution in [0.15, 0.2) is 47.7 Å². The summed E-state index contributed by atoms with van der Waals surface area (Å²) < 4.78 is 5.40. The maximum atomic E-state index is 12.9.